The fraction of sp³-hybridized carbons (Fsp3) is 0.222. The van der Waals surface area contributed by atoms with E-state index in [0.717, 1.165) is 21.6 Å². The number of nitrogens with zero attached hydrogens (tertiary/aromatic N) is 1. The van der Waals surface area contributed by atoms with Crippen LogP contribution in [-0.4, -0.2) is 24.0 Å². The number of hydrogen-bond donors (Lipinski definition) is 1. The van der Waals surface area contributed by atoms with Crippen LogP contribution in [0.15, 0.2) is 46.3 Å². The van der Waals surface area contributed by atoms with Gasteiger partial charge in [0, 0.05) is 21.3 Å². The Bertz CT molecular complexity index is 843. The van der Waals surface area contributed by atoms with Gasteiger partial charge in [0.2, 0.25) is 0 Å². The normalized spacial score (nSPS) is 10.6. The van der Waals surface area contributed by atoms with Crippen LogP contribution in [0, 0.1) is 6.92 Å². The van der Waals surface area contributed by atoms with Gasteiger partial charge in [0.15, 0.2) is 6.61 Å². The molecule has 2 aromatic heterocycles. The van der Waals surface area contributed by atoms with Gasteiger partial charge in [-0.15, -0.1) is 22.7 Å². The van der Waals surface area contributed by atoms with Gasteiger partial charge in [0.25, 0.3) is 5.91 Å². The Kier molecular flexibility index (Phi) is 6.23. The molecule has 7 heteroatoms. The van der Waals surface area contributed by atoms with E-state index in [-0.39, 0.29) is 12.5 Å². The van der Waals surface area contributed by atoms with Crippen LogP contribution in [0.2, 0.25) is 0 Å². The van der Waals surface area contributed by atoms with Crippen LogP contribution in [0.1, 0.15) is 9.88 Å². The van der Waals surface area contributed by atoms with Gasteiger partial charge < -0.3 is 10.1 Å². The van der Waals surface area contributed by atoms with Crippen LogP contribution in [-0.2, 0) is 11.2 Å². The van der Waals surface area contributed by atoms with E-state index < -0.39 is 0 Å². The standard InChI is InChI=1S/C18H17BrN2O2S2/c1-12-21-16(11-24-12)17-7-6-15(25-17)8-9-20-18(22)10-23-14-4-2-13(19)3-5-14/h2-7,11H,8-10H2,1H3,(H,20,22). The van der Waals surface area contributed by atoms with Crippen molar-refractivity contribution in [3.05, 3.63) is 56.1 Å². The van der Waals surface area contributed by atoms with E-state index in [9.17, 15) is 4.79 Å². The van der Waals surface area contributed by atoms with E-state index in [2.05, 4.69) is 43.7 Å². The molecule has 0 bridgehead atoms. The molecule has 0 radical (unpaired) electrons. The van der Waals surface area contributed by atoms with Gasteiger partial charge in [-0.1, -0.05) is 15.9 Å². The number of carbonyl (C=O) groups is 1. The highest BCUT2D eigenvalue weighted by atomic mass is 79.9. The predicted molar refractivity (Wildman–Crippen MR) is 107 cm³/mol. The molecule has 0 aliphatic rings. The van der Waals surface area contributed by atoms with Crippen LogP contribution in [0.25, 0.3) is 10.6 Å². The fourth-order valence-corrected chi connectivity index (χ4v) is 4.10. The van der Waals surface area contributed by atoms with Gasteiger partial charge in [-0.05, 0) is 49.7 Å². The number of benzene rings is 1. The third kappa shape index (κ3) is 5.39. The molecule has 25 heavy (non-hydrogen) atoms. The minimum absolute atomic E-state index is 0.0232. The number of hydrogen-bond acceptors (Lipinski definition) is 5. The van der Waals surface area contributed by atoms with Crippen LogP contribution in [0.4, 0.5) is 0 Å². The number of aromatic nitrogens is 1. The maximum absolute atomic E-state index is 11.9. The first-order chi connectivity index (χ1) is 12.1. The van der Waals surface area contributed by atoms with Crippen molar-refractivity contribution in [2.45, 2.75) is 13.3 Å². The second kappa shape index (κ2) is 8.60. The zero-order valence-corrected chi connectivity index (χ0v) is 16.8. The summed E-state index contributed by atoms with van der Waals surface area (Å²) in [5.41, 5.74) is 1.03. The molecule has 3 aromatic rings. The van der Waals surface area contributed by atoms with Crippen molar-refractivity contribution in [3.63, 3.8) is 0 Å². The molecular weight excluding hydrogens is 420 g/mol. The molecule has 4 nitrogen and oxygen atoms in total. The van der Waals surface area contributed by atoms with Crippen molar-refractivity contribution >= 4 is 44.5 Å². The molecule has 0 atom stereocenters. The number of thiazole rings is 1. The molecule has 0 fully saturated rings. The average Bonchev–Trinajstić information content (AvgIpc) is 3.23. The van der Waals surface area contributed by atoms with Crippen LogP contribution in [0.3, 0.4) is 0 Å². The maximum Gasteiger partial charge on any atom is 0.257 e. The number of aryl methyl sites for hydroxylation is 1. The summed E-state index contributed by atoms with van der Waals surface area (Å²) in [6.07, 6.45) is 0.803. The third-order valence-corrected chi connectivity index (χ3v) is 5.88. The predicted octanol–water partition coefficient (Wildman–Crippen LogP) is 4.68. The molecule has 0 saturated heterocycles. The zero-order valence-electron chi connectivity index (χ0n) is 13.6. The topological polar surface area (TPSA) is 51.2 Å². The molecular formula is C18H17BrN2O2S2. The van der Waals surface area contributed by atoms with E-state index in [4.69, 9.17) is 4.74 Å². The molecule has 1 N–H and O–H groups in total. The molecule has 1 amide bonds. The Balaban J connectivity index is 1.41. The molecule has 1 aromatic carbocycles. The third-order valence-electron chi connectivity index (χ3n) is 3.41. The molecule has 0 spiro atoms. The second-order valence-corrected chi connectivity index (χ2v) is 8.51. The minimum Gasteiger partial charge on any atom is -0.484 e. The molecule has 0 saturated carbocycles. The van der Waals surface area contributed by atoms with Crippen molar-refractivity contribution in [1.82, 2.24) is 10.3 Å². The molecule has 0 unspecified atom stereocenters. The van der Waals surface area contributed by atoms with Crippen molar-refractivity contribution in [2.75, 3.05) is 13.2 Å². The Morgan fingerprint density at radius 2 is 2.04 bits per heavy atom. The Hall–Kier alpha value is -1.70. The second-order valence-electron chi connectivity index (χ2n) is 5.36. The van der Waals surface area contributed by atoms with Gasteiger partial charge in [0.05, 0.1) is 15.6 Å². The van der Waals surface area contributed by atoms with E-state index in [0.29, 0.717) is 12.3 Å². The molecule has 3 rings (SSSR count). The first kappa shape index (κ1) is 18.1. The maximum atomic E-state index is 11.9. The van der Waals surface area contributed by atoms with Crippen molar-refractivity contribution in [2.24, 2.45) is 0 Å². The highest BCUT2D eigenvalue weighted by Gasteiger charge is 2.07. The highest BCUT2D eigenvalue weighted by Crippen LogP contribution is 2.29. The minimum atomic E-state index is -0.116. The molecule has 0 aliphatic heterocycles. The monoisotopic (exact) mass is 436 g/mol. The first-order valence-electron chi connectivity index (χ1n) is 7.76. The summed E-state index contributed by atoms with van der Waals surface area (Å²) < 4.78 is 6.43. The van der Waals surface area contributed by atoms with Crippen LogP contribution < -0.4 is 10.1 Å². The number of nitrogens with one attached hydrogen (secondary N) is 1. The summed E-state index contributed by atoms with van der Waals surface area (Å²) in [5, 5.41) is 6.03. The lowest BCUT2D eigenvalue weighted by Crippen LogP contribution is -2.30. The summed E-state index contributed by atoms with van der Waals surface area (Å²) in [6, 6.07) is 11.6. The van der Waals surface area contributed by atoms with Crippen LogP contribution in [0.5, 0.6) is 5.75 Å². The van der Waals surface area contributed by atoms with Crippen molar-refractivity contribution in [1.29, 1.82) is 0 Å². The van der Waals surface area contributed by atoms with E-state index in [1.54, 1.807) is 22.7 Å². The fourth-order valence-electron chi connectivity index (χ4n) is 2.18. The molecule has 2 heterocycles. The number of rotatable bonds is 7. The number of halogens is 1. The van der Waals surface area contributed by atoms with Gasteiger partial charge >= 0.3 is 0 Å². The summed E-state index contributed by atoms with van der Waals surface area (Å²) >= 11 is 6.74. The van der Waals surface area contributed by atoms with Crippen LogP contribution >= 0.6 is 38.6 Å². The Morgan fingerprint density at radius 1 is 1.24 bits per heavy atom. The summed E-state index contributed by atoms with van der Waals surface area (Å²) in [5.74, 6) is 0.564. The Labute approximate surface area is 163 Å². The van der Waals surface area contributed by atoms with E-state index in [1.807, 2.05) is 31.2 Å². The van der Waals surface area contributed by atoms with Gasteiger partial charge in [-0.2, -0.15) is 0 Å². The van der Waals surface area contributed by atoms with Gasteiger partial charge in [-0.3, -0.25) is 4.79 Å². The summed E-state index contributed by atoms with van der Waals surface area (Å²) in [6.45, 7) is 2.63. The lowest BCUT2D eigenvalue weighted by atomic mass is 10.3. The quantitative estimate of drug-likeness (QED) is 0.584. The Morgan fingerprint density at radius 3 is 2.76 bits per heavy atom. The smallest absolute Gasteiger partial charge is 0.257 e. The highest BCUT2D eigenvalue weighted by molar-refractivity contribution is 9.10. The van der Waals surface area contributed by atoms with E-state index >= 15 is 0 Å². The first-order valence-corrected chi connectivity index (χ1v) is 10.3. The van der Waals surface area contributed by atoms with Crippen molar-refractivity contribution in [3.8, 4) is 16.3 Å². The van der Waals surface area contributed by atoms with Gasteiger partial charge in [0.1, 0.15) is 5.75 Å². The van der Waals surface area contributed by atoms with Crippen molar-refractivity contribution < 1.29 is 9.53 Å². The van der Waals surface area contributed by atoms with E-state index in [1.165, 1.54) is 9.75 Å². The van der Waals surface area contributed by atoms with Gasteiger partial charge in [-0.25, -0.2) is 4.98 Å². The number of carbonyl (C=O) groups excluding carboxylic acids is 1. The average molecular weight is 437 g/mol. The molecule has 0 aliphatic carbocycles. The lowest BCUT2D eigenvalue weighted by molar-refractivity contribution is -0.123. The lowest BCUT2D eigenvalue weighted by Gasteiger charge is -2.07. The SMILES string of the molecule is Cc1nc(-c2ccc(CCNC(=O)COc3ccc(Br)cc3)s2)cs1. The largest absolute Gasteiger partial charge is 0.484 e. The number of amides is 1. The number of ether oxygens (including phenoxy) is 1. The number of thiophene rings is 1. The summed E-state index contributed by atoms with van der Waals surface area (Å²) in [4.78, 5) is 18.8. The zero-order chi connectivity index (χ0) is 17.6. The molecule has 130 valence electrons. The summed E-state index contributed by atoms with van der Waals surface area (Å²) in [7, 11) is 0.